The van der Waals surface area contributed by atoms with Crippen LogP contribution in [-0.2, 0) is 14.3 Å². The first-order valence-corrected chi connectivity index (χ1v) is 11.6. The van der Waals surface area contributed by atoms with Gasteiger partial charge in [0, 0.05) is 17.8 Å². The molecule has 2 amide bonds. The molecular weight excluding hydrogens is 410 g/mol. The van der Waals surface area contributed by atoms with Crippen molar-refractivity contribution in [3.05, 3.63) is 48.0 Å². The lowest BCUT2D eigenvalue weighted by atomic mass is 9.99. The molecule has 7 heteroatoms. The van der Waals surface area contributed by atoms with E-state index in [1.807, 2.05) is 35.2 Å². The average molecular weight is 436 g/mol. The van der Waals surface area contributed by atoms with Crippen LogP contribution >= 0.6 is 11.3 Å². The second-order valence-electron chi connectivity index (χ2n) is 8.32. The van der Waals surface area contributed by atoms with Gasteiger partial charge >= 0.3 is 0 Å². The third-order valence-corrected chi connectivity index (χ3v) is 7.07. The molecule has 2 aliphatic rings. The minimum Gasteiger partial charge on any atom is -0.366 e. The fraction of sp³-hybridized carbons (Fsp3) is 0.375. The van der Waals surface area contributed by atoms with Gasteiger partial charge in [0.05, 0.1) is 29.3 Å². The summed E-state index contributed by atoms with van der Waals surface area (Å²) in [5, 5.41) is 3.84. The van der Waals surface area contributed by atoms with Gasteiger partial charge in [0.1, 0.15) is 11.1 Å². The van der Waals surface area contributed by atoms with Gasteiger partial charge in [-0.1, -0.05) is 6.07 Å². The van der Waals surface area contributed by atoms with E-state index in [4.69, 9.17) is 9.72 Å². The molecule has 5 rings (SSSR count). The Balaban J connectivity index is 1.22. The van der Waals surface area contributed by atoms with Gasteiger partial charge in [0.25, 0.3) is 5.91 Å². The zero-order valence-electron chi connectivity index (χ0n) is 17.5. The van der Waals surface area contributed by atoms with Gasteiger partial charge in [-0.25, -0.2) is 4.98 Å². The Morgan fingerprint density at radius 2 is 2.06 bits per heavy atom. The number of fused-ring (bicyclic) bond motifs is 2. The first-order valence-electron chi connectivity index (χ1n) is 10.8. The van der Waals surface area contributed by atoms with Gasteiger partial charge in [-0.05, 0) is 68.1 Å². The largest absolute Gasteiger partial charge is 0.366 e. The highest BCUT2D eigenvalue weighted by Gasteiger charge is 2.38. The number of aryl methyl sites for hydroxylation is 1. The molecule has 1 aromatic heterocycles. The van der Waals surface area contributed by atoms with E-state index in [2.05, 4.69) is 24.4 Å². The molecule has 6 nitrogen and oxygen atoms in total. The number of nitrogens with zero attached hydrogens (tertiary/aromatic N) is 2. The number of carbonyl (C=O) groups excluding carboxylic acids is 2. The third kappa shape index (κ3) is 4.20. The molecule has 31 heavy (non-hydrogen) atoms. The topological polar surface area (TPSA) is 71.5 Å². The molecule has 0 unspecified atom stereocenters. The normalized spacial score (nSPS) is 21.2. The van der Waals surface area contributed by atoms with Crippen LogP contribution in [0, 0.1) is 6.92 Å². The molecule has 0 saturated carbocycles. The Hall–Kier alpha value is -2.77. The maximum absolute atomic E-state index is 12.7. The van der Waals surface area contributed by atoms with Gasteiger partial charge < -0.3 is 15.0 Å². The number of anilines is 1. The molecular formula is C24H25N3O3S. The van der Waals surface area contributed by atoms with Crippen LogP contribution in [-0.4, -0.2) is 47.0 Å². The lowest BCUT2D eigenvalue weighted by molar-refractivity contribution is -0.163. The second kappa shape index (κ2) is 8.40. The highest BCUT2D eigenvalue weighted by molar-refractivity contribution is 7.21. The summed E-state index contributed by atoms with van der Waals surface area (Å²) < 4.78 is 6.89. The highest BCUT2D eigenvalue weighted by atomic mass is 32.1. The number of hydrogen-bond donors (Lipinski definition) is 1. The minimum absolute atomic E-state index is 0.0427. The molecule has 0 bridgehead atoms. The summed E-state index contributed by atoms with van der Waals surface area (Å²) in [6.45, 7) is 3.38. The summed E-state index contributed by atoms with van der Waals surface area (Å²) in [4.78, 5) is 31.8. The van der Waals surface area contributed by atoms with Gasteiger partial charge in [-0.2, -0.15) is 0 Å². The van der Waals surface area contributed by atoms with Crippen LogP contribution in [0.4, 0.5) is 5.69 Å². The molecule has 0 radical (unpaired) electrons. The van der Waals surface area contributed by atoms with Gasteiger partial charge in [-0.3, -0.25) is 9.59 Å². The molecule has 0 aliphatic carbocycles. The quantitative estimate of drug-likeness (QED) is 0.660. The SMILES string of the molecule is Cc1ccc2nc(-c3ccc(NC(=O)C[C@@H]4OC[C@@H]5CCCCN5C4=O)cc3)sc2c1. The number of piperidine rings is 1. The number of carbonyl (C=O) groups is 2. The Bertz CT molecular complexity index is 1120. The van der Waals surface area contributed by atoms with Crippen molar-refractivity contribution in [2.75, 3.05) is 18.5 Å². The van der Waals surface area contributed by atoms with Crippen LogP contribution in [0.5, 0.6) is 0 Å². The maximum atomic E-state index is 12.7. The molecule has 1 N–H and O–H groups in total. The Kier molecular flexibility index (Phi) is 5.46. The number of aromatic nitrogens is 1. The van der Waals surface area contributed by atoms with Crippen LogP contribution in [0.25, 0.3) is 20.8 Å². The Morgan fingerprint density at radius 3 is 2.90 bits per heavy atom. The number of nitrogens with one attached hydrogen (secondary N) is 1. The number of rotatable bonds is 4. The van der Waals surface area contributed by atoms with Crippen molar-refractivity contribution in [2.24, 2.45) is 0 Å². The molecule has 2 saturated heterocycles. The summed E-state index contributed by atoms with van der Waals surface area (Å²) in [7, 11) is 0. The van der Waals surface area contributed by atoms with Crippen molar-refractivity contribution in [1.82, 2.24) is 9.88 Å². The predicted molar refractivity (Wildman–Crippen MR) is 122 cm³/mol. The monoisotopic (exact) mass is 435 g/mol. The molecule has 160 valence electrons. The van der Waals surface area contributed by atoms with Gasteiger partial charge in [0.15, 0.2) is 0 Å². The van der Waals surface area contributed by atoms with Crippen LogP contribution in [0.15, 0.2) is 42.5 Å². The number of amides is 2. The van der Waals surface area contributed by atoms with Crippen LogP contribution in [0.2, 0.25) is 0 Å². The lowest BCUT2D eigenvalue weighted by Crippen LogP contribution is -2.56. The fourth-order valence-electron chi connectivity index (χ4n) is 4.33. The van der Waals surface area contributed by atoms with Crippen molar-refractivity contribution < 1.29 is 14.3 Å². The van der Waals surface area contributed by atoms with Crippen molar-refractivity contribution in [3.8, 4) is 10.6 Å². The van der Waals surface area contributed by atoms with Crippen molar-refractivity contribution in [1.29, 1.82) is 0 Å². The van der Waals surface area contributed by atoms with Crippen molar-refractivity contribution in [3.63, 3.8) is 0 Å². The molecule has 3 heterocycles. The van der Waals surface area contributed by atoms with E-state index >= 15 is 0 Å². The predicted octanol–water partition coefficient (Wildman–Crippen LogP) is 4.38. The summed E-state index contributed by atoms with van der Waals surface area (Å²) in [6, 6.07) is 14.1. The molecule has 2 fully saturated rings. The summed E-state index contributed by atoms with van der Waals surface area (Å²) in [5.41, 5.74) is 3.93. The van der Waals surface area contributed by atoms with Crippen molar-refractivity contribution >= 4 is 39.1 Å². The Labute approximate surface area is 185 Å². The third-order valence-electron chi connectivity index (χ3n) is 6.01. The number of hydrogen-bond acceptors (Lipinski definition) is 5. The molecule has 2 atom stereocenters. The number of morpholine rings is 1. The van der Waals surface area contributed by atoms with E-state index in [0.717, 1.165) is 41.9 Å². The smallest absolute Gasteiger partial charge is 0.252 e. The maximum Gasteiger partial charge on any atom is 0.252 e. The van der Waals surface area contributed by atoms with Crippen LogP contribution in [0.3, 0.4) is 0 Å². The zero-order valence-corrected chi connectivity index (χ0v) is 18.3. The summed E-state index contributed by atoms with van der Waals surface area (Å²) >= 11 is 1.66. The van der Waals surface area contributed by atoms with E-state index in [-0.39, 0.29) is 24.3 Å². The van der Waals surface area contributed by atoms with Crippen LogP contribution < -0.4 is 5.32 Å². The van der Waals surface area contributed by atoms with E-state index in [1.165, 1.54) is 10.3 Å². The van der Waals surface area contributed by atoms with E-state index < -0.39 is 6.10 Å². The number of thiazole rings is 1. The molecule has 2 aromatic carbocycles. The standard InChI is InChI=1S/C24H25N3O3S/c1-15-5-10-19-21(12-15)31-23(26-19)16-6-8-17(9-7-16)25-22(28)13-20-24(29)27-11-3-2-4-18(27)14-30-20/h5-10,12,18,20H,2-4,11,13-14H2,1H3,(H,25,28)/t18-,20-/m0/s1. The van der Waals surface area contributed by atoms with E-state index in [1.54, 1.807) is 11.3 Å². The Morgan fingerprint density at radius 1 is 1.23 bits per heavy atom. The minimum atomic E-state index is -0.681. The zero-order chi connectivity index (χ0) is 21.4. The molecule has 3 aromatic rings. The van der Waals surface area contributed by atoms with Crippen LogP contribution in [0.1, 0.15) is 31.2 Å². The van der Waals surface area contributed by atoms with Gasteiger partial charge in [-0.15, -0.1) is 11.3 Å². The van der Waals surface area contributed by atoms with E-state index in [0.29, 0.717) is 12.3 Å². The summed E-state index contributed by atoms with van der Waals surface area (Å²) in [5.74, 6) is -0.260. The summed E-state index contributed by atoms with van der Waals surface area (Å²) in [6.07, 6.45) is 2.52. The van der Waals surface area contributed by atoms with E-state index in [9.17, 15) is 9.59 Å². The first-order chi connectivity index (χ1) is 15.1. The fourth-order valence-corrected chi connectivity index (χ4v) is 5.39. The number of ether oxygens (including phenoxy) is 1. The second-order valence-corrected chi connectivity index (χ2v) is 9.35. The van der Waals surface area contributed by atoms with Crippen molar-refractivity contribution in [2.45, 2.75) is 44.8 Å². The lowest BCUT2D eigenvalue weighted by Gasteiger charge is -2.41. The van der Waals surface area contributed by atoms with Gasteiger partial charge in [0.2, 0.25) is 5.91 Å². The highest BCUT2D eigenvalue weighted by Crippen LogP contribution is 2.31. The first kappa shape index (κ1) is 20.2. The average Bonchev–Trinajstić information content (AvgIpc) is 3.19. The molecule has 2 aliphatic heterocycles. The molecule has 0 spiro atoms. The number of benzene rings is 2.